The van der Waals surface area contributed by atoms with E-state index >= 15 is 0 Å². The molecule has 0 radical (unpaired) electrons. The Morgan fingerprint density at radius 1 is 1.22 bits per heavy atom. The lowest BCUT2D eigenvalue weighted by Crippen LogP contribution is -2.32. The van der Waals surface area contributed by atoms with Gasteiger partial charge in [-0.15, -0.1) is 0 Å². The van der Waals surface area contributed by atoms with Crippen molar-refractivity contribution in [2.75, 3.05) is 11.1 Å². The lowest BCUT2D eigenvalue weighted by molar-refractivity contribution is 0.529. The van der Waals surface area contributed by atoms with Crippen LogP contribution in [0.15, 0.2) is 0 Å². The Bertz CT molecular complexity index is 434. The number of nitrogens with zero attached hydrogens (tertiary/aromatic N) is 2. The van der Waals surface area contributed by atoms with Crippen molar-refractivity contribution in [1.29, 1.82) is 0 Å². The monoisotopic (exact) mass is 248 g/mol. The molecule has 0 unspecified atom stereocenters. The molecule has 1 aliphatic carbocycles. The summed E-state index contributed by atoms with van der Waals surface area (Å²) >= 11 is 0. The number of aromatic nitrogens is 2. The number of nitrogens with two attached hydrogens (primary N) is 1. The first-order valence-electron chi connectivity index (χ1n) is 6.83. The van der Waals surface area contributed by atoms with Crippen LogP contribution in [0.2, 0.25) is 0 Å². The lowest BCUT2D eigenvalue weighted by Gasteiger charge is -2.27. The highest BCUT2D eigenvalue weighted by Crippen LogP contribution is 2.33. The van der Waals surface area contributed by atoms with Gasteiger partial charge >= 0.3 is 0 Å². The molecule has 1 heterocycles. The number of hydrogen-bond donors (Lipinski definition) is 2. The maximum absolute atomic E-state index is 5.99. The van der Waals surface area contributed by atoms with E-state index < -0.39 is 0 Å². The number of nitrogen functional groups attached to an aromatic ring is 1. The predicted molar refractivity (Wildman–Crippen MR) is 75.8 cm³/mol. The Labute approximate surface area is 109 Å². The first-order chi connectivity index (χ1) is 8.41. The van der Waals surface area contributed by atoms with Gasteiger partial charge < -0.3 is 11.1 Å². The van der Waals surface area contributed by atoms with E-state index in [0.29, 0.717) is 11.7 Å². The summed E-state index contributed by atoms with van der Waals surface area (Å²) in [6.07, 6.45) is 4.99. The van der Waals surface area contributed by atoms with E-state index in [1.54, 1.807) is 0 Å². The maximum Gasteiger partial charge on any atom is 0.135 e. The normalized spacial score (nSPS) is 18.3. The standard InChI is InChI=1S/C14H24N4/c1-9(2)12-16-11(15)10(3)13(17-12)18-14(4)7-5-6-8-14/h9H,5-8H2,1-4H3,(H3,15,16,17,18). The second kappa shape index (κ2) is 4.75. The van der Waals surface area contributed by atoms with Crippen molar-refractivity contribution in [3.63, 3.8) is 0 Å². The Morgan fingerprint density at radius 2 is 1.83 bits per heavy atom. The van der Waals surface area contributed by atoms with Crippen molar-refractivity contribution in [2.45, 2.75) is 64.8 Å². The quantitative estimate of drug-likeness (QED) is 0.862. The topological polar surface area (TPSA) is 63.8 Å². The fraction of sp³-hybridized carbons (Fsp3) is 0.714. The van der Waals surface area contributed by atoms with Gasteiger partial charge in [-0.25, -0.2) is 9.97 Å². The molecular weight excluding hydrogens is 224 g/mol. The SMILES string of the molecule is Cc1c(N)nc(C(C)C)nc1NC1(C)CCCC1. The number of rotatable bonds is 3. The van der Waals surface area contributed by atoms with Gasteiger partial charge in [0.1, 0.15) is 17.5 Å². The van der Waals surface area contributed by atoms with E-state index in [4.69, 9.17) is 5.73 Å². The second-order valence-electron chi connectivity index (χ2n) is 5.99. The molecule has 3 N–H and O–H groups in total. The summed E-state index contributed by atoms with van der Waals surface area (Å²) in [5.74, 6) is 2.63. The van der Waals surface area contributed by atoms with Crippen LogP contribution in [-0.2, 0) is 0 Å². The zero-order valence-corrected chi connectivity index (χ0v) is 11.9. The Balaban J connectivity index is 2.31. The summed E-state index contributed by atoms with van der Waals surface area (Å²) in [4.78, 5) is 9.00. The molecular formula is C14H24N4. The van der Waals surface area contributed by atoms with Gasteiger partial charge in [0.2, 0.25) is 0 Å². The van der Waals surface area contributed by atoms with Gasteiger partial charge in [0, 0.05) is 17.0 Å². The minimum atomic E-state index is 0.166. The molecule has 0 aromatic carbocycles. The first-order valence-corrected chi connectivity index (χ1v) is 6.83. The van der Waals surface area contributed by atoms with Crippen molar-refractivity contribution in [1.82, 2.24) is 9.97 Å². The van der Waals surface area contributed by atoms with E-state index in [1.165, 1.54) is 25.7 Å². The third-order valence-electron chi connectivity index (χ3n) is 3.84. The summed E-state index contributed by atoms with van der Waals surface area (Å²) < 4.78 is 0. The number of nitrogens with one attached hydrogen (secondary N) is 1. The van der Waals surface area contributed by atoms with Crippen molar-refractivity contribution in [3.05, 3.63) is 11.4 Å². The highest BCUT2D eigenvalue weighted by molar-refractivity contribution is 5.56. The van der Waals surface area contributed by atoms with Gasteiger partial charge in [-0.2, -0.15) is 0 Å². The van der Waals surface area contributed by atoms with Gasteiger partial charge in [0.05, 0.1) is 0 Å². The summed E-state index contributed by atoms with van der Waals surface area (Å²) in [6, 6.07) is 0. The molecule has 18 heavy (non-hydrogen) atoms. The van der Waals surface area contributed by atoms with Gasteiger partial charge in [-0.1, -0.05) is 26.7 Å². The van der Waals surface area contributed by atoms with Gasteiger partial charge in [-0.3, -0.25) is 0 Å². The molecule has 2 rings (SSSR count). The Morgan fingerprint density at radius 3 is 2.39 bits per heavy atom. The van der Waals surface area contributed by atoms with Crippen LogP contribution in [0.25, 0.3) is 0 Å². The summed E-state index contributed by atoms with van der Waals surface area (Å²) in [5.41, 5.74) is 7.12. The minimum Gasteiger partial charge on any atom is -0.383 e. The molecule has 4 heteroatoms. The average Bonchev–Trinajstić information content (AvgIpc) is 2.71. The third-order valence-corrected chi connectivity index (χ3v) is 3.84. The molecule has 0 spiro atoms. The zero-order valence-electron chi connectivity index (χ0n) is 11.9. The van der Waals surface area contributed by atoms with Crippen LogP contribution in [-0.4, -0.2) is 15.5 Å². The fourth-order valence-electron chi connectivity index (χ4n) is 2.50. The first kappa shape index (κ1) is 13.1. The van der Waals surface area contributed by atoms with Crippen LogP contribution < -0.4 is 11.1 Å². The van der Waals surface area contributed by atoms with Crippen molar-refractivity contribution < 1.29 is 0 Å². The zero-order chi connectivity index (χ0) is 13.3. The maximum atomic E-state index is 5.99. The van der Waals surface area contributed by atoms with Crippen LogP contribution in [0, 0.1) is 6.92 Å². The fourth-order valence-corrected chi connectivity index (χ4v) is 2.50. The molecule has 1 fully saturated rings. The molecule has 4 nitrogen and oxygen atoms in total. The average molecular weight is 248 g/mol. The molecule has 0 aliphatic heterocycles. The lowest BCUT2D eigenvalue weighted by atomic mass is 10.0. The Hall–Kier alpha value is -1.32. The van der Waals surface area contributed by atoms with Crippen LogP contribution in [0.3, 0.4) is 0 Å². The molecule has 1 aromatic rings. The predicted octanol–water partition coefficient (Wildman–Crippen LogP) is 3.24. The molecule has 0 bridgehead atoms. The molecule has 0 saturated heterocycles. The van der Waals surface area contributed by atoms with Crippen LogP contribution in [0.5, 0.6) is 0 Å². The van der Waals surface area contributed by atoms with Crippen LogP contribution in [0.4, 0.5) is 11.6 Å². The van der Waals surface area contributed by atoms with Gasteiger partial charge in [-0.05, 0) is 26.7 Å². The van der Waals surface area contributed by atoms with Crippen molar-refractivity contribution in [2.24, 2.45) is 0 Å². The van der Waals surface area contributed by atoms with E-state index in [-0.39, 0.29) is 5.54 Å². The largest absolute Gasteiger partial charge is 0.383 e. The van der Waals surface area contributed by atoms with E-state index in [2.05, 4.69) is 36.1 Å². The van der Waals surface area contributed by atoms with Crippen LogP contribution >= 0.6 is 0 Å². The summed E-state index contributed by atoms with van der Waals surface area (Å²) in [6.45, 7) is 8.43. The molecule has 0 atom stereocenters. The smallest absolute Gasteiger partial charge is 0.135 e. The van der Waals surface area contributed by atoms with Crippen molar-refractivity contribution in [3.8, 4) is 0 Å². The summed E-state index contributed by atoms with van der Waals surface area (Å²) in [7, 11) is 0. The Kier molecular flexibility index (Phi) is 3.46. The minimum absolute atomic E-state index is 0.166. The van der Waals surface area contributed by atoms with Crippen molar-refractivity contribution >= 4 is 11.6 Å². The molecule has 1 saturated carbocycles. The van der Waals surface area contributed by atoms with E-state index in [1.807, 2.05) is 6.92 Å². The highest BCUT2D eigenvalue weighted by atomic mass is 15.1. The van der Waals surface area contributed by atoms with Gasteiger partial charge in [0.15, 0.2) is 0 Å². The molecule has 1 aliphatic rings. The highest BCUT2D eigenvalue weighted by Gasteiger charge is 2.29. The third kappa shape index (κ3) is 2.57. The van der Waals surface area contributed by atoms with Gasteiger partial charge in [0.25, 0.3) is 0 Å². The van der Waals surface area contributed by atoms with Crippen LogP contribution in [0.1, 0.15) is 63.8 Å². The molecule has 0 amide bonds. The molecule has 100 valence electrons. The summed E-state index contributed by atoms with van der Waals surface area (Å²) in [5, 5.41) is 3.59. The second-order valence-corrected chi connectivity index (χ2v) is 5.99. The molecule has 1 aromatic heterocycles. The van der Waals surface area contributed by atoms with E-state index in [0.717, 1.165) is 17.2 Å². The van der Waals surface area contributed by atoms with E-state index in [9.17, 15) is 0 Å². The number of hydrogen-bond acceptors (Lipinski definition) is 4. The number of anilines is 2.